The fourth-order valence-corrected chi connectivity index (χ4v) is 3.70. The number of fused-ring (bicyclic) bond motifs is 1. The average Bonchev–Trinajstić information content (AvgIpc) is 2.98. The predicted octanol–water partition coefficient (Wildman–Crippen LogP) is 4.28. The van der Waals surface area contributed by atoms with Crippen molar-refractivity contribution in [3.8, 4) is 11.5 Å². The van der Waals surface area contributed by atoms with Crippen LogP contribution < -0.4 is 14.3 Å². The molecule has 5 nitrogen and oxygen atoms in total. The molecule has 0 aliphatic heterocycles. The zero-order valence-electron chi connectivity index (χ0n) is 14.6. The van der Waals surface area contributed by atoms with Crippen molar-refractivity contribution in [1.29, 1.82) is 0 Å². The van der Waals surface area contributed by atoms with E-state index in [1.54, 1.807) is 31.4 Å². The van der Waals surface area contributed by atoms with Crippen LogP contribution >= 0.6 is 22.9 Å². The molecule has 7 heteroatoms. The Balaban J connectivity index is 1.86. The highest BCUT2D eigenvalue weighted by Crippen LogP contribution is 2.23. The number of benzene rings is 2. The first-order chi connectivity index (χ1) is 12.6. The lowest BCUT2D eigenvalue weighted by atomic mass is 10.3. The lowest BCUT2D eigenvalue weighted by molar-refractivity contribution is -0.120. The summed E-state index contributed by atoms with van der Waals surface area (Å²) >= 11 is 7.32. The minimum absolute atomic E-state index is 0.120. The average molecular weight is 391 g/mol. The van der Waals surface area contributed by atoms with Crippen molar-refractivity contribution in [1.82, 2.24) is 4.57 Å². The number of rotatable bonds is 6. The van der Waals surface area contributed by atoms with Gasteiger partial charge in [0.05, 0.1) is 17.3 Å². The predicted molar refractivity (Wildman–Crippen MR) is 104 cm³/mol. The summed E-state index contributed by atoms with van der Waals surface area (Å²) in [5.74, 6) is 1.04. The Kier molecular flexibility index (Phi) is 5.96. The second-order valence-electron chi connectivity index (χ2n) is 5.62. The van der Waals surface area contributed by atoms with Crippen molar-refractivity contribution < 1.29 is 14.3 Å². The van der Waals surface area contributed by atoms with Gasteiger partial charge in [0.25, 0.3) is 5.91 Å². The number of hydrogen-bond donors (Lipinski definition) is 0. The molecular weight excluding hydrogens is 372 g/mol. The first-order valence-corrected chi connectivity index (χ1v) is 9.43. The Hall–Kier alpha value is -2.31. The monoisotopic (exact) mass is 390 g/mol. The second kappa shape index (κ2) is 8.38. The number of carbonyl (C=O) groups excluding carboxylic acids is 1. The molecule has 0 spiro atoms. The van der Waals surface area contributed by atoms with Crippen LogP contribution in [0.25, 0.3) is 10.2 Å². The molecule has 1 amide bonds. The Labute approximate surface area is 160 Å². The van der Waals surface area contributed by atoms with Crippen molar-refractivity contribution in [2.75, 3.05) is 13.7 Å². The molecule has 3 rings (SSSR count). The highest BCUT2D eigenvalue weighted by Gasteiger charge is 2.09. The fraction of sp³-hybridized carbons (Fsp3) is 0.263. The molecular formula is C19H19ClN2O3S. The molecule has 0 saturated heterocycles. The maximum Gasteiger partial charge on any atom is 0.286 e. The number of amides is 1. The summed E-state index contributed by atoms with van der Waals surface area (Å²) in [4.78, 5) is 17.2. The highest BCUT2D eigenvalue weighted by atomic mass is 35.5. The summed E-state index contributed by atoms with van der Waals surface area (Å²) in [7, 11) is 1.64. The van der Waals surface area contributed by atoms with Crippen LogP contribution in [0.15, 0.2) is 47.5 Å². The number of hydrogen-bond acceptors (Lipinski definition) is 4. The molecule has 0 radical (unpaired) electrons. The minimum atomic E-state index is -0.330. The smallest absolute Gasteiger partial charge is 0.286 e. The third kappa shape index (κ3) is 4.26. The number of nitrogens with zero attached hydrogens (tertiary/aromatic N) is 2. The van der Waals surface area contributed by atoms with E-state index in [1.165, 1.54) is 11.3 Å². The SMILES string of the molecule is CCCn1c(=NC(=O)COc2ccc(Cl)cc2)sc2ccc(OC)cc21. The van der Waals surface area contributed by atoms with E-state index in [9.17, 15) is 4.79 Å². The normalized spacial score (nSPS) is 11.7. The largest absolute Gasteiger partial charge is 0.497 e. The van der Waals surface area contributed by atoms with E-state index in [2.05, 4.69) is 11.9 Å². The van der Waals surface area contributed by atoms with Gasteiger partial charge in [0.2, 0.25) is 0 Å². The van der Waals surface area contributed by atoms with E-state index in [0.717, 1.165) is 28.9 Å². The Morgan fingerprint density at radius 2 is 1.92 bits per heavy atom. The highest BCUT2D eigenvalue weighted by molar-refractivity contribution is 7.16. The fourth-order valence-electron chi connectivity index (χ4n) is 2.52. The molecule has 0 unspecified atom stereocenters. The first-order valence-electron chi connectivity index (χ1n) is 8.24. The third-order valence-corrected chi connectivity index (χ3v) is 5.04. The standard InChI is InChI=1S/C19H19ClN2O3S/c1-3-10-22-16-11-15(24-2)8-9-17(16)26-19(22)21-18(23)12-25-14-6-4-13(20)5-7-14/h4-9,11H,3,10,12H2,1-2H3. The van der Waals surface area contributed by atoms with Crippen LogP contribution in [0.1, 0.15) is 13.3 Å². The Morgan fingerprint density at radius 3 is 2.62 bits per heavy atom. The Bertz CT molecular complexity index is 977. The summed E-state index contributed by atoms with van der Waals surface area (Å²) in [6.07, 6.45) is 0.936. The van der Waals surface area contributed by atoms with Gasteiger partial charge in [-0.1, -0.05) is 29.9 Å². The molecule has 136 valence electrons. The summed E-state index contributed by atoms with van der Waals surface area (Å²) in [6, 6.07) is 12.7. The van der Waals surface area contributed by atoms with Crippen molar-refractivity contribution in [2.24, 2.45) is 4.99 Å². The summed E-state index contributed by atoms with van der Waals surface area (Å²) in [5.41, 5.74) is 1.02. The lowest BCUT2D eigenvalue weighted by Crippen LogP contribution is -2.19. The number of aryl methyl sites for hydroxylation is 1. The molecule has 0 aliphatic carbocycles. The van der Waals surface area contributed by atoms with Crippen LogP contribution in [0.4, 0.5) is 0 Å². The second-order valence-corrected chi connectivity index (χ2v) is 7.06. The van der Waals surface area contributed by atoms with E-state index < -0.39 is 0 Å². The summed E-state index contributed by atoms with van der Waals surface area (Å²) < 4.78 is 13.9. The van der Waals surface area contributed by atoms with Gasteiger partial charge in [0.15, 0.2) is 11.4 Å². The van der Waals surface area contributed by atoms with Gasteiger partial charge in [0.1, 0.15) is 11.5 Å². The van der Waals surface area contributed by atoms with Crippen molar-refractivity contribution in [2.45, 2.75) is 19.9 Å². The number of carbonyl (C=O) groups is 1. The molecule has 0 fully saturated rings. The molecule has 0 bridgehead atoms. The van der Waals surface area contributed by atoms with Crippen LogP contribution in [-0.2, 0) is 11.3 Å². The van der Waals surface area contributed by atoms with Gasteiger partial charge in [-0.15, -0.1) is 0 Å². The molecule has 0 atom stereocenters. The molecule has 26 heavy (non-hydrogen) atoms. The zero-order chi connectivity index (χ0) is 18.5. The number of ether oxygens (including phenoxy) is 2. The summed E-state index contributed by atoms with van der Waals surface area (Å²) in [5, 5.41) is 0.620. The molecule has 0 aliphatic rings. The topological polar surface area (TPSA) is 52.8 Å². The maximum absolute atomic E-state index is 12.3. The van der Waals surface area contributed by atoms with Crippen LogP contribution in [0.5, 0.6) is 11.5 Å². The van der Waals surface area contributed by atoms with Crippen molar-refractivity contribution in [3.05, 3.63) is 52.3 Å². The quantitative estimate of drug-likeness (QED) is 0.631. The van der Waals surface area contributed by atoms with E-state index in [4.69, 9.17) is 21.1 Å². The zero-order valence-corrected chi connectivity index (χ0v) is 16.1. The first kappa shape index (κ1) is 18.5. The van der Waals surface area contributed by atoms with Gasteiger partial charge < -0.3 is 14.0 Å². The van der Waals surface area contributed by atoms with E-state index in [-0.39, 0.29) is 12.5 Å². The van der Waals surface area contributed by atoms with Crippen LogP contribution in [0.2, 0.25) is 5.02 Å². The van der Waals surface area contributed by atoms with Gasteiger partial charge in [0, 0.05) is 17.6 Å². The van der Waals surface area contributed by atoms with E-state index >= 15 is 0 Å². The number of thiazole rings is 1. The molecule has 1 aromatic heterocycles. The molecule has 0 N–H and O–H groups in total. The van der Waals surface area contributed by atoms with Crippen molar-refractivity contribution in [3.63, 3.8) is 0 Å². The summed E-state index contributed by atoms with van der Waals surface area (Å²) in [6.45, 7) is 2.74. The van der Waals surface area contributed by atoms with E-state index in [1.807, 2.05) is 22.8 Å². The van der Waals surface area contributed by atoms with Gasteiger partial charge >= 0.3 is 0 Å². The van der Waals surface area contributed by atoms with Gasteiger partial charge in [-0.25, -0.2) is 0 Å². The lowest BCUT2D eigenvalue weighted by Gasteiger charge is -2.05. The number of aromatic nitrogens is 1. The molecule has 0 saturated carbocycles. The van der Waals surface area contributed by atoms with E-state index in [0.29, 0.717) is 15.6 Å². The number of methoxy groups -OCH3 is 1. The Morgan fingerprint density at radius 1 is 1.19 bits per heavy atom. The maximum atomic E-state index is 12.3. The van der Waals surface area contributed by atoms with Crippen LogP contribution in [-0.4, -0.2) is 24.2 Å². The third-order valence-electron chi connectivity index (χ3n) is 3.73. The van der Waals surface area contributed by atoms with Gasteiger partial charge in [-0.3, -0.25) is 4.79 Å². The molecule has 1 heterocycles. The number of halogens is 1. The van der Waals surface area contributed by atoms with Crippen LogP contribution in [0, 0.1) is 0 Å². The van der Waals surface area contributed by atoms with Crippen molar-refractivity contribution >= 4 is 39.1 Å². The van der Waals surface area contributed by atoms with Crippen LogP contribution in [0.3, 0.4) is 0 Å². The minimum Gasteiger partial charge on any atom is -0.497 e. The van der Waals surface area contributed by atoms with Gasteiger partial charge in [-0.05, 0) is 42.8 Å². The molecule has 2 aromatic carbocycles. The van der Waals surface area contributed by atoms with Gasteiger partial charge in [-0.2, -0.15) is 4.99 Å². The molecule has 3 aromatic rings.